The Morgan fingerprint density at radius 2 is 2.07 bits per heavy atom. The molecule has 0 saturated heterocycles. The van der Waals surface area contributed by atoms with Gasteiger partial charge in [0.15, 0.2) is 0 Å². The van der Waals surface area contributed by atoms with Crippen LogP contribution < -0.4 is 10.9 Å². The summed E-state index contributed by atoms with van der Waals surface area (Å²) in [5, 5.41) is 14.1. The highest BCUT2D eigenvalue weighted by Crippen LogP contribution is 2.27. The highest BCUT2D eigenvalue weighted by Gasteiger charge is 2.20. The molecule has 1 N–H and O–H groups in total. The van der Waals surface area contributed by atoms with Gasteiger partial charge in [0, 0.05) is 11.6 Å². The number of benzene rings is 1. The number of aromatic nitrogens is 3. The fourth-order valence-electron chi connectivity index (χ4n) is 2.75. The van der Waals surface area contributed by atoms with E-state index in [4.69, 9.17) is 11.6 Å². The van der Waals surface area contributed by atoms with Crippen LogP contribution in [0.5, 0.6) is 0 Å². The number of anilines is 1. The zero-order valence-corrected chi connectivity index (χ0v) is 16.4. The lowest BCUT2D eigenvalue weighted by atomic mass is 10.1. The number of hydrogen-bond donors (Lipinski definition) is 1. The summed E-state index contributed by atoms with van der Waals surface area (Å²) in [5.41, 5.74) is 1.48. The first-order chi connectivity index (χ1) is 13.0. The Morgan fingerprint density at radius 3 is 2.67 bits per heavy atom. The first kappa shape index (κ1) is 19.0. The van der Waals surface area contributed by atoms with Crippen molar-refractivity contribution >= 4 is 40.2 Å². The quantitative estimate of drug-likeness (QED) is 0.518. The van der Waals surface area contributed by atoms with Gasteiger partial charge < -0.3 is 5.32 Å². The summed E-state index contributed by atoms with van der Waals surface area (Å²) in [6.45, 7) is 5.84. The molecule has 2 heterocycles. The van der Waals surface area contributed by atoms with E-state index in [1.807, 2.05) is 6.26 Å². The molecule has 0 aliphatic heterocycles. The molecule has 0 aliphatic carbocycles. The summed E-state index contributed by atoms with van der Waals surface area (Å²) in [6.07, 6.45) is 3.50. The van der Waals surface area contributed by atoms with E-state index in [-0.39, 0.29) is 5.56 Å². The number of thioether (sulfide) groups is 1. The van der Waals surface area contributed by atoms with Crippen molar-refractivity contribution in [1.29, 1.82) is 5.26 Å². The topological polar surface area (TPSA) is 83.6 Å². The molecule has 0 unspecified atom stereocenters. The highest BCUT2D eigenvalue weighted by atomic mass is 35.5. The molecule has 0 fully saturated rings. The van der Waals surface area contributed by atoms with Crippen LogP contribution in [0.25, 0.3) is 16.6 Å². The standard InChI is InChI=1S/C19H16ClN5OS/c1-4-9-22-19-24-16-14(10-21)17(27-3)23-11(2)15(16)18(26)25(19)13-7-5-12(20)6-8-13/h4-8H,1,9H2,2-3H3,(H,22,24). The van der Waals surface area contributed by atoms with Gasteiger partial charge in [0.05, 0.1) is 16.8 Å². The van der Waals surface area contributed by atoms with Crippen LogP contribution in [-0.2, 0) is 0 Å². The number of nitriles is 1. The smallest absolute Gasteiger partial charge is 0.269 e. The van der Waals surface area contributed by atoms with E-state index in [0.717, 1.165) is 0 Å². The largest absolute Gasteiger partial charge is 0.352 e. The molecule has 0 bridgehead atoms. The van der Waals surface area contributed by atoms with Gasteiger partial charge in [-0.15, -0.1) is 18.3 Å². The van der Waals surface area contributed by atoms with E-state index in [0.29, 0.717) is 50.4 Å². The molecule has 0 aliphatic rings. The van der Waals surface area contributed by atoms with Crippen molar-refractivity contribution in [2.75, 3.05) is 18.1 Å². The number of rotatable bonds is 5. The van der Waals surface area contributed by atoms with E-state index in [1.54, 1.807) is 37.3 Å². The average Bonchev–Trinajstić information content (AvgIpc) is 2.66. The first-order valence-electron chi connectivity index (χ1n) is 8.04. The Morgan fingerprint density at radius 1 is 1.37 bits per heavy atom. The van der Waals surface area contributed by atoms with E-state index in [2.05, 4.69) is 27.9 Å². The van der Waals surface area contributed by atoms with Gasteiger partial charge in [-0.05, 0) is 37.4 Å². The number of nitrogens with one attached hydrogen (secondary N) is 1. The minimum absolute atomic E-state index is 0.296. The predicted molar refractivity (Wildman–Crippen MR) is 110 cm³/mol. The summed E-state index contributed by atoms with van der Waals surface area (Å²) in [5.74, 6) is 0.323. The van der Waals surface area contributed by atoms with Crippen LogP contribution in [0, 0.1) is 18.3 Å². The van der Waals surface area contributed by atoms with Gasteiger partial charge in [-0.2, -0.15) is 5.26 Å². The van der Waals surface area contributed by atoms with Gasteiger partial charge in [-0.3, -0.25) is 4.79 Å². The molecule has 136 valence electrons. The molecule has 6 nitrogen and oxygen atoms in total. The van der Waals surface area contributed by atoms with E-state index in [1.165, 1.54) is 16.3 Å². The molecular formula is C19H16ClN5OS. The van der Waals surface area contributed by atoms with Crippen LogP contribution >= 0.6 is 23.4 Å². The minimum atomic E-state index is -0.303. The summed E-state index contributed by atoms with van der Waals surface area (Å²) in [6, 6.07) is 9.01. The van der Waals surface area contributed by atoms with Gasteiger partial charge in [-0.1, -0.05) is 17.7 Å². The lowest BCUT2D eigenvalue weighted by Gasteiger charge is -2.16. The van der Waals surface area contributed by atoms with Crippen molar-refractivity contribution in [2.45, 2.75) is 11.9 Å². The van der Waals surface area contributed by atoms with Crippen LogP contribution in [0.1, 0.15) is 11.3 Å². The lowest BCUT2D eigenvalue weighted by Crippen LogP contribution is -2.25. The number of hydrogen-bond acceptors (Lipinski definition) is 6. The fraction of sp³-hybridized carbons (Fsp3) is 0.158. The fourth-order valence-corrected chi connectivity index (χ4v) is 3.45. The molecule has 0 atom stereocenters. The third-order valence-corrected chi connectivity index (χ3v) is 4.89. The van der Waals surface area contributed by atoms with Crippen molar-refractivity contribution in [3.63, 3.8) is 0 Å². The Hall–Kier alpha value is -2.82. The van der Waals surface area contributed by atoms with Gasteiger partial charge in [0.2, 0.25) is 5.95 Å². The van der Waals surface area contributed by atoms with Gasteiger partial charge in [0.1, 0.15) is 22.2 Å². The molecule has 27 heavy (non-hydrogen) atoms. The second-order valence-electron chi connectivity index (χ2n) is 5.64. The molecule has 8 heteroatoms. The van der Waals surface area contributed by atoms with E-state index < -0.39 is 0 Å². The van der Waals surface area contributed by atoms with Crippen molar-refractivity contribution < 1.29 is 0 Å². The van der Waals surface area contributed by atoms with E-state index in [9.17, 15) is 10.1 Å². The lowest BCUT2D eigenvalue weighted by molar-refractivity contribution is 0.944. The summed E-state index contributed by atoms with van der Waals surface area (Å²) in [4.78, 5) is 22.4. The average molecular weight is 398 g/mol. The maximum Gasteiger partial charge on any atom is 0.269 e. The van der Waals surface area contributed by atoms with Gasteiger partial charge in [-0.25, -0.2) is 14.5 Å². The van der Waals surface area contributed by atoms with Gasteiger partial charge >= 0.3 is 0 Å². The van der Waals surface area contributed by atoms with Crippen LogP contribution in [0.3, 0.4) is 0 Å². The number of pyridine rings is 1. The second-order valence-corrected chi connectivity index (χ2v) is 6.87. The summed E-state index contributed by atoms with van der Waals surface area (Å²) in [7, 11) is 0. The molecule has 3 aromatic rings. The van der Waals surface area contributed by atoms with Crippen molar-refractivity contribution in [3.8, 4) is 11.8 Å². The Labute approximate surface area is 165 Å². The van der Waals surface area contributed by atoms with Crippen molar-refractivity contribution in [3.05, 3.63) is 63.6 Å². The molecule has 0 saturated carbocycles. The zero-order valence-electron chi connectivity index (χ0n) is 14.8. The van der Waals surface area contributed by atoms with Crippen LogP contribution in [-0.4, -0.2) is 27.3 Å². The Kier molecular flexibility index (Phi) is 5.49. The number of halogens is 1. The summed E-state index contributed by atoms with van der Waals surface area (Å²) < 4.78 is 1.46. The molecule has 0 radical (unpaired) electrons. The molecule has 2 aromatic heterocycles. The maximum atomic E-state index is 13.4. The monoisotopic (exact) mass is 397 g/mol. The predicted octanol–water partition coefficient (Wildman–Crippen LogP) is 3.93. The van der Waals surface area contributed by atoms with Crippen LogP contribution in [0.4, 0.5) is 5.95 Å². The van der Waals surface area contributed by atoms with Crippen molar-refractivity contribution in [2.24, 2.45) is 0 Å². The molecule has 3 rings (SSSR count). The SMILES string of the molecule is C=CCNc1nc2c(C#N)c(SC)nc(C)c2c(=O)n1-c1ccc(Cl)cc1. The van der Waals surface area contributed by atoms with E-state index >= 15 is 0 Å². The molecule has 0 amide bonds. The van der Waals surface area contributed by atoms with Crippen LogP contribution in [0.15, 0.2) is 46.7 Å². The zero-order chi connectivity index (χ0) is 19.6. The Balaban J connectivity index is 2.44. The number of nitrogens with zero attached hydrogens (tertiary/aromatic N) is 4. The molecule has 1 aromatic carbocycles. The second kappa shape index (κ2) is 7.82. The minimum Gasteiger partial charge on any atom is -0.352 e. The normalized spacial score (nSPS) is 10.6. The molecule has 0 spiro atoms. The third-order valence-electron chi connectivity index (χ3n) is 3.96. The number of fused-ring (bicyclic) bond motifs is 1. The summed E-state index contributed by atoms with van der Waals surface area (Å²) >= 11 is 7.32. The Bertz CT molecular complexity index is 1130. The number of aryl methyl sites for hydroxylation is 1. The maximum absolute atomic E-state index is 13.4. The highest BCUT2D eigenvalue weighted by molar-refractivity contribution is 7.98. The first-order valence-corrected chi connectivity index (χ1v) is 9.64. The van der Waals surface area contributed by atoms with Crippen LogP contribution in [0.2, 0.25) is 5.02 Å². The molecular weight excluding hydrogens is 382 g/mol. The van der Waals surface area contributed by atoms with Crippen molar-refractivity contribution in [1.82, 2.24) is 14.5 Å². The third kappa shape index (κ3) is 3.42. The van der Waals surface area contributed by atoms with Gasteiger partial charge in [0.25, 0.3) is 5.56 Å².